The van der Waals surface area contributed by atoms with Crippen LogP contribution in [-0.2, 0) is 4.79 Å². The van der Waals surface area contributed by atoms with Gasteiger partial charge >= 0.3 is 0 Å². The third-order valence-corrected chi connectivity index (χ3v) is 6.59. The third kappa shape index (κ3) is 3.74. The Labute approximate surface area is 192 Å². The van der Waals surface area contributed by atoms with Crippen LogP contribution in [0.4, 0.5) is 5.69 Å². The summed E-state index contributed by atoms with van der Waals surface area (Å²) in [7, 11) is 1.59. The summed E-state index contributed by atoms with van der Waals surface area (Å²) in [5.74, 6) is 1.14. The molecule has 0 spiro atoms. The average Bonchev–Trinajstić information content (AvgIpc) is 3.40. The number of hydrogen-bond acceptors (Lipinski definition) is 6. The van der Waals surface area contributed by atoms with Gasteiger partial charge in [-0.15, -0.1) is 0 Å². The summed E-state index contributed by atoms with van der Waals surface area (Å²) < 4.78 is 8.36. The molecule has 0 saturated carbocycles. The highest BCUT2D eigenvalue weighted by Crippen LogP contribution is 2.33. The average molecular weight is 468 g/mol. The number of methoxy groups -OCH3 is 1. The largest absolute Gasteiger partial charge is 0.497 e. The number of carbonyl (C=O) groups excluding carboxylic acids is 1. The number of carbonyl (C=O) groups is 1. The summed E-state index contributed by atoms with van der Waals surface area (Å²) in [6.07, 6.45) is 1.69. The van der Waals surface area contributed by atoms with Crippen molar-refractivity contribution in [2.75, 3.05) is 18.2 Å². The standard InChI is InChI=1S/C22H18ClN5O3S/c1-31-17-8-4-14(5-9-17)25-19(29)10-16-12-32-22-26-20-18(21(30)27(16)22)11-24-28(20)15-6-2-13(23)3-7-15/h2-9,11,16H,10,12H2,1H3,(H,25,29). The van der Waals surface area contributed by atoms with Crippen LogP contribution in [0.25, 0.3) is 16.7 Å². The maximum absolute atomic E-state index is 13.2. The number of nitrogens with zero attached hydrogens (tertiary/aromatic N) is 4. The molecule has 2 aromatic carbocycles. The van der Waals surface area contributed by atoms with Gasteiger partial charge in [-0.05, 0) is 48.5 Å². The van der Waals surface area contributed by atoms with Gasteiger partial charge in [0.25, 0.3) is 5.56 Å². The van der Waals surface area contributed by atoms with Crippen molar-refractivity contribution in [1.29, 1.82) is 0 Å². The maximum Gasteiger partial charge on any atom is 0.265 e. The Morgan fingerprint density at radius 3 is 2.69 bits per heavy atom. The molecule has 162 valence electrons. The molecule has 1 unspecified atom stereocenters. The molecule has 0 radical (unpaired) electrons. The molecular weight excluding hydrogens is 450 g/mol. The SMILES string of the molecule is COc1ccc(NC(=O)CC2CSc3nc4c(cnn4-c4ccc(Cl)cc4)c(=O)n32)cc1. The molecule has 32 heavy (non-hydrogen) atoms. The number of aromatic nitrogens is 4. The molecule has 2 aromatic heterocycles. The van der Waals surface area contributed by atoms with Gasteiger partial charge in [0.15, 0.2) is 10.8 Å². The second-order valence-electron chi connectivity index (χ2n) is 7.29. The van der Waals surface area contributed by atoms with E-state index in [1.165, 1.54) is 18.0 Å². The normalized spacial score (nSPS) is 15.0. The van der Waals surface area contributed by atoms with Crippen LogP contribution in [0, 0.1) is 0 Å². The van der Waals surface area contributed by atoms with Crippen LogP contribution in [0.15, 0.2) is 64.7 Å². The van der Waals surface area contributed by atoms with Crippen LogP contribution >= 0.6 is 23.4 Å². The van der Waals surface area contributed by atoms with Crippen molar-refractivity contribution in [3.05, 3.63) is 70.1 Å². The van der Waals surface area contributed by atoms with E-state index in [4.69, 9.17) is 16.3 Å². The number of hydrogen-bond donors (Lipinski definition) is 1. The fourth-order valence-electron chi connectivity index (χ4n) is 3.65. The number of fused-ring (bicyclic) bond motifs is 2. The lowest BCUT2D eigenvalue weighted by Crippen LogP contribution is -2.27. The Morgan fingerprint density at radius 1 is 1.22 bits per heavy atom. The molecule has 0 saturated heterocycles. The second-order valence-corrected chi connectivity index (χ2v) is 8.71. The zero-order valence-electron chi connectivity index (χ0n) is 17.0. The van der Waals surface area contributed by atoms with Crippen LogP contribution in [0.1, 0.15) is 12.5 Å². The van der Waals surface area contributed by atoms with E-state index < -0.39 is 0 Å². The van der Waals surface area contributed by atoms with Gasteiger partial charge in [0.05, 0.1) is 25.0 Å². The van der Waals surface area contributed by atoms with E-state index in [-0.39, 0.29) is 23.9 Å². The Kier molecular flexibility index (Phi) is 5.36. The highest BCUT2D eigenvalue weighted by atomic mass is 35.5. The molecule has 0 bridgehead atoms. The summed E-state index contributed by atoms with van der Waals surface area (Å²) in [5, 5.41) is 8.83. The minimum atomic E-state index is -0.281. The molecule has 0 fully saturated rings. The first-order chi connectivity index (χ1) is 15.5. The van der Waals surface area contributed by atoms with Crippen molar-refractivity contribution in [3.63, 3.8) is 0 Å². The molecule has 1 amide bonds. The number of nitrogens with one attached hydrogen (secondary N) is 1. The number of halogens is 1. The van der Waals surface area contributed by atoms with E-state index in [2.05, 4.69) is 15.4 Å². The predicted molar refractivity (Wildman–Crippen MR) is 124 cm³/mol. The highest BCUT2D eigenvalue weighted by molar-refractivity contribution is 7.99. The first kappa shape index (κ1) is 20.6. The summed E-state index contributed by atoms with van der Waals surface area (Å²) >= 11 is 7.44. The van der Waals surface area contributed by atoms with Gasteiger partial charge in [0.2, 0.25) is 5.91 Å². The van der Waals surface area contributed by atoms with E-state index >= 15 is 0 Å². The van der Waals surface area contributed by atoms with Gasteiger partial charge in [-0.2, -0.15) is 5.10 Å². The Balaban J connectivity index is 1.41. The van der Waals surface area contributed by atoms with Gasteiger partial charge in [-0.25, -0.2) is 9.67 Å². The quantitative estimate of drug-likeness (QED) is 0.447. The molecule has 10 heteroatoms. The lowest BCUT2D eigenvalue weighted by molar-refractivity contribution is -0.116. The fraction of sp³-hybridized carbons (Fsp3) is 0.182. The lowest BCUT2D eigenvalue weighted by atomic mass is 10.2. The molecule has 3 heterocycles. The number of benzene rings is 2. The van der Waals surface area contributed by atoms with Crippen LogP contribution in [0.3, 0.4) is 0 Å². The topological polar surface area (TPSA) is 91.0 Å². The fourth-order valence-corrected chi connectivity index (χ4v) is 4.91. The highest BCUT2D eigenvalue weighted by Gasteiger charge is 2.29. The van der Waals surface area contributed by atoms with Crippen molar-refractivity contribution < 1.29 is 9.53 Å². The number of ether oxygens (including phenoxy) is 1. The van der Waals surface area contributed by atoms with Gasteiger partial charge in [0, 0.05) is 22.9 Å². The first-order valence-electron chi connectivity index (χ1n) is 9.86. The minimum absolute atomic E-state index is 0.169. The Hall–Kier alpha value is -3.30. The predicted octanol–water partition coefficient (Wildman–Crippen LogP) is 3.92. The van der Waals surface area contributed by atoms with Crippen molar-refractivity contribution >= 4 is 46.0 Å². The zero-order valence-corrected chi connectivity index (χ0v) is 18.6. The van der Waals surface area contributed by atoms with E-state index in [9.17, 15) is 9.59 Å². The summed E-state index contributed by atoms with van der Waals surface area (Å²) in [5.41, 5.74) is 1.73. The number of rotatable bonds is 5. The minimum Gasteiger partial charge on any atom is -0.497 e. The van der Waals surface area contributed by atoms with E-state index in [1.807, 2.05) is 12.1 Å². The van der Waals surface area contributed by atoms with Crippen molar-refractivity contribution in [2.24, 2.45) is 0 Å². The van der Waals surface area contributed by atoms with Gasteiger partial charge in [0.1, 0.15) is 11.1 Å². The molecule has 8 nitrogen and oxygen atoms in total. The van der Waals surface area contributed by atoms with E-state index in [0.717, 1.165) is 5.69 Å². The monoisotopic (exact) mass is 467 g/mol. The molecule has 1 atom stereocenters. The van der Waals surface area contributed by atoms with Gasteiger partial charge in [-0.3, -0.25) is 14.2 Å². The smallest absolute Gasteiger partial charge is 0.265 e. The summed E-state index contributed by atoms with van der Waals surface area (Å²) in [6.45, 7) is 0. The Morgan fingerprint density at radius 2 is 1.97 bits per heavy atom. The first-order valence-corrected chi connectivity index (χ1v) is 11.2. The van der Waals surface area contributed by atoms with Crippen molar-refractivity contribution in [2.45, 2.75) is 17.6 Å². The second kappa shape index (κ2) is 8.33. The van der Waals surface area contributed by atoms with Crippen LogP contribution in [0.2, 0.25) is 5.02 Å². The molecule has 5 rings (SSSR count). The molecule has 4 aromatic rings. The van der Waals surface area contributed by atoms with Crippen LogP contribution in [-0.4, -0.2) is 38.1 Å². The number of amides is 1. The Bertz CT molecular complexity index is 1370. The van der Waals surface area contributed by atoms with Crippen LogP contribution < -0.4 is 15.6 Å². The van der Waals surface area contributed by atoms with Crippen LogP contribution in [0.5, 0.6) is 5.75 Å². The van der Waals surface area contributed by atoms with Gasteiger partial charge < -0.3 is 10.1 Å². The van der Waals surface area contributed by atoms with E-state index in [1.54, 1.807) is 52.8 Å². The molecule has 1 aliphatic heterocycles. The zero-order chi connectivity index (χ0) is 22.2. The lowest BCUT2D eigenvalue weighted by Gasteiger charge is -2.13. The molecule has 1 N–H and O–H groups in total. The van der Waals surface area contributed by atoms with Gasteiger partial charge in [-0.1, -0.05) is 23.4 Å². The summed E-state index contributed by atoms with van der Waals surface area (Å²) in [4.78, 5) is 30.5. The van der Waals surface area contributed by atoms with Crippen molar-refractivity contribution in [1.82, 2.24) is 19.3 Å². The maximum atomic E-state index is 13.2. The van der Waals surface area contributed by atoms with E-state index in [0.29, 0.717) is 38.4 Å². The third-order valence-electron chi connectivity index (χ3n) is 5.24. The molecular formula is C22H18ClN5O3S. The summed E-state index contributed by atoms with van der Waals surface area (Å²) in [6, 6.07) is 14.0. The molecule has 0 aliphatic carbocycles. The number of anilines is 1. The van der Waals surface area contributed by atoms with Crippen molar-refractivity contribution in [3.8, 4) is 11.4 Å². The molecule has 1 aliphatic rings. The number of thioether (sulfide) groups is 1.